The van der Waals surface area contributed by atoms with Gasteiger partial charge in [0.15, 0.2) is 16.8 Å². The molecule has 4 rings (SSSR count). The number of amides is 2. The van der Waals surface area contributed by atoms with E-state index in [0.717, 1.165) is 17.0 Å². The number of nitrogens with zero attached hydrogens (tertiary/aromatic N) is 1. The number of carbonyl (C=O) groups excluding carboxylic acids is 2. The van der Waals surface area contributed by atoms with Crippen LogP contribution in [0, 0.1) is 11.6 Å². The van der Waals surface area contributed by atoms with Crippen LogP contribution in [0.2, 0.25) is 0 Å². The van der Waals surface area contributed by atoms with E-state index in [2.05, 4.69) is 15.6 Å². The van der Waals surface area contributed by atoms with E-state index in [-0.39, 0.29) is 17.5 Å². The zero-order chi connectivity index (χ0) is 21.3. The average Bonchev–Trinajstić information content (AvgIpc) is 3.31. The molecular formula is C21H17F2N3O3S. The number of fused-ring (bicyclic) bond motifs is 1. The van der Waals surface area contributed by atoms with Gasteiger partial charge < -0.3 is 10.1 Å². The van der Waals surface area contributed by atoms with Gasteiger partial charge >= 0.3 is 0 Å². The predicted octanol–water partition coefficient (Wildman–Crippen LogP) is 4.35. The molecule has 1 aliphatic carbocycles. The molecule has 0 saturated carbocycles. The molecule has 1 heterocycles. The first-order valence-corrected chi connectivity index (χ1v) is 9.97. The Morgan fingerprint density at radius 2 is 1.87 bits per heavy atom. The third-order valence-corrected chi connectivity index (χ3v) is 5.84. The number of carbonyl (C=O) groups is 2. The van der Waals surface area contributed by atoms with Gasteiger partial charge in [-0.3, -0.25) is 14.9 Å². The Kier molecular flexibility index (Phi) is 5.45. The van der Waals surface area contributed by atoms with Crippen LogP contribution in [-0.4, -0.2) is 23.9 Å². The Bertz CT molecular complexity index is 1120. The van der Waals surface area contributed by atoms with Gasteiger partial charge in [-0.05, 0) is 49.2 Å². The maximum Gasteiger partial charge on any atom is 0.257 e. The summed E-state index contributed by atoms with van der Waals surface area (Å²) in [6.45, 7) is 0. The fourth-order valence-corrected chi connectivity index (χ4v) is 4.28. The highest BCUT2D eigenvalue weighted by Crippen LogP contribution is 2.39. The van der Waals surface area contributed by atoms with E-state index < -0.39 is 17.6 Å². The summed E-state index contributed by atoms with van der Waals surface area (Å²) in [5, 5.41) is 5.76. The predicted molar refractivity (Wildman–Crippen MR) is 109 cm³/mol. The fourth-order valence-electron chi connectivity index (χ4n) is 3.25. The highest BCUT2D eigenvalue weighted by atomic mass is 32.1. The monoisotopic (exact) mass is 429 g/mol. The molecule has 9 heteroatoms. The maximum absolute atomic E-state index is 13.4. The highest BCUT2D eigenvalue weighted by molar-refractivity contribution is 7.16. The van der Waals surface area contributed by atoms with Crippen molar-refractivity contribution in [3.05, 3.63) is 70.2 Å². The number of aryl methyl sites for hydroxylation is 1. The SMILES string of the molecule is COc1ccc(C(=O)Nc2nc3c(s2)CC[C@@H]3C(=O)Nc2ccc(F)c(F)c2)cc1. The number of methoxy groups -OCH3 is 1. The molecule has 0 radical (unpaired) electrons. The number of halogens is 2. The number of hydrogen-bond acceptors (Lipinski definition) is 5. The molecule has 154 valence electrons. The van der Waals surface area contributed by atoms with Crippen LogP contribution in [0.3, 0.4) is 0 Å². The van der Waals surface area contributed by atoms with Gasteiger partial charge in [-0.2, -0.15) is 0 Å². The molecule has 1 aromatic heterocycles. The van der Waals surface area contributed by atoms with Gasteiger partial charge in [-0.1, -0.05) is 0 Å². The molecule has 6 nitrogen and oxygen atoms in total. The first-order valence-electron chi connectivity index (χ1n) is 9.15. The van der Waals surface area contributed by atoms with Crippen LogP contribution in [0.4, 0.5) is 19.6 Å². The lowest BCUT2D eigenvalue weighted by Crippen LogP contribution is -2.20. The Morgan fingerprint density at radius 1 is 1.10 bits per heavy atom. The number of benzene rings is 2. The molecule has 1 aliphatic rings. The van der Waals surface area contributed by atoms with E-state index in [1.807, 2.05) is 0 Å². The summed E-state index contributed by atoms with van der Waals surface area (Å²) in [5.74, 6) is -2.54. The molecule has 0 unspecified atom stereocenters. The van der Waals surface area contributed by atoms with E-state index >= 15 is 0 Å². The lowest BCUT2D eigenvalue weighted by atomic mass is 10.1. The van der Waals surface area contributed by atoms with Crippen molar-refractivity contribution < 1.29 is 23.1 Å². The van der Waals surface area contributed by atoms with E-state index in [9.17, 15) is 18.4 Å². The highest BCUT2D eigenvalue weighted by Gasteiger charge is 2.33. The summed E-state index contributed by atoms with van der Waals surface area (Å²) >= 11 is 1.33. The molecule has 3 aromatic rings. The minimum atomic E-state index is -1.03. The fraction of sp³-hybridized carbons (Fsp3) is 0.190. The summed E-state index contributed by atoms with van der Waals surface area (Å²) in [7, 11) is 1.55. The second kappa shape index (κ2) is 8.19. The minimum Gasteiger partial charge on any atom is -0.497 e. The topological polar surface area (TPSA) is 80.3 Å². The van der Waals surface area contributed by atoms with Crippen LogP contribution in [-0.2, 0) is 11.2 Å². The molecule has 0 fully saturated rings. The molecule has 1 atom stereocenters. The van der Waals surface area contributed by atoms with E-state index in [4.69, 9.17) is 4.74 Å². The van der Waals surface area contributed by atoms with Gasteiger partial charge in [0.05, 0.1) is 18.7 Å². The molecular weight excluding hydrogens is 412 g/mol. The first-order chi connectivity index (χ1) is 14.4. The number of nitrogens with one attached hydrogen (secondary N) is 2. The number of anilines is 2. The van der Waals surface area contributed by atoms with Crippen molar-refractivity contribution in [2.45, 2.75) is 18.8 Å². The zero-order valence-corrected chi connectivity index (χ0v) is 16.7. The van der Waals surface area contributed by atoms with Gasteiger partial charge in [0.25, 0.3) is 5.91 Å². The number of thiazole rings is 1. The Labute approximate surface area is 174 Å². The van der Waals surface area contributed by atoms with Crippen LogP contribution in [0.25, 0.3) is 0 Å². The summed E-state index contributed by atoms with van der Waals surface area (Å²) in [6, 6.07) is 9.87. The molecule has 0 aliphatic heterocycles. The van der Waals surface area contributed by atoms with Gasteiger partial charge in [0, 0.05) is 22.2 Å². The quantitative estimate of drug-likeness (QED) is 0.632. The number of rotatable bonds is 5. The second-order valence-electron chi connectivity index (χ2n) is 6.72. The van der Waals surface area contributed by atoms with Crippen molar-refractivity contribution in [2.24, 2.45) is 0 Å². The Hall–Kier alpha value is -3.33. The van der Waals surface area contributed by atoms with Crippen molar-refractivity contribution >= 4 is 34.0 Å². The summed E-state index contributed by atoms with van der Waals surface area (Å²) in [4.78, 5) is 30.4. The lowest BCUT2D eigenvalue weighted by Gasteiger charge is -2.11. The number of hydrogen-bond donors (Lipinski definition) is 2. The average molecular weight is 429 g/mol. The number of ether oxygens (including phenoxy) is 1. The minimum absolute atomic E-state index is 0.176. The zero-order valence-electron chi connectivity index (χ0n) is 15.9. The standard InChI is InChI=1S/C21H17F2N3O3S/c1-29-13-5-2-11(3-6-13)19(27)26-21-25-18-14(7-9-17(18)30-21)20(28)24-12-4-8-15(22)16(23)10-12/h2-6,8,10,14H,7,9H2,1H3,(H,24,28)(H,25,26,27)/t14-/m0/s1. The van der Waals surface area contributed by atoms with Crippen LogP contribution >= 0.6 is 11.3 Å². The number of aromatic nitrogens is 1. The van der Waals surface area contributed by atoms with Crippen molar-refractivity contribution in [2.75, 3.05) is 17.7 Å². The van der Waals surface area contributed by atoms with Crippen molar-refractivity contribution in [1.82, 2.24) is 4.98 Å². The van der Waals surface area contributed by atoms with Crippen LogP contribution in [0.15, 0.2) is 42.5 Å². The second-order valence-corrected chi connectivity index (χ2v) is 7.80. The first kappa shape index (κ1) is 20.0. The smallest absolute Gasteiger partial charge is 0.257 e. The Balaban J connectivity index is 1.45. The van der Waals surface area contributed by atoms with E-state index in [0.29, 0.717) is 35.0 Å². The van der Waals surface area contributed by atoms with E-state index in [1.165, 1.54) is 17.4 Å². The van der Waals surface area contributed by atoms with Crippen molar-refractivity contribution in [1.29, 1.82) is 0 Å². The summed E-state index contributed by atoms with van der Waals surface area (Å²) in [5.41, 5.74) is 1.24. The normalized spacial score (nSPS) is 14.8. The molecule has 30 heavy (non-hydrogen) atoms. The van der Waals surface area contributed by atoms with Gasteiger partial charge in [-0.25, -0.2) is 13.8 Å². The van der Waals surface area contributed by atoms with Crippen LogP contribution in [0.5, 0.6) is 5.75 Å². The van der Waals surface area contributed by atoms with Crippen LogP contribution in [0.1, 0.15) is 33.3 Å². The van der Waals surface area contributed by atoms with Crippen molar-refractivity contribution in [3.63, 3.8) is 0 Å². The third kappa shape index (κ3) is 4.02. The van der Waals surface area contributed by atoms with E-state index in [1.54, 1.807) is 31.4 Å². The summed E-state index contributed by atoms with van der Waals surface area (Å²) < 4.78 is 31.5. The summed E-state index contributed by atoms with van der Waals surface area (Å²) in [6.07, 6.45) is 1.22. The maximum atomic E-state index is 13.4. The molecule has 2 amide bonds. The molecule has 2 N–H and O–H groups in total. The van der Waals surface area contributed by atoms with Gasteiger partial charge in [-0.15, -0.1) is 11.3 Å². The van der Waals surface area contributed by atoms with Gasteiger partial charge in [0.2, 0.25) is 5.91 Å². The molecule has 0 spiro atoms. The Morgan fingerprint density at radius 3 is 2.57 bits per heavy atom. The molecule has 2 aromatic carbocycles. The third-order valence-electron chi connectivity index (χ3n) is 4.79. The van der Waals surface area contributed by atoms with Gasteiger partial charge in [0.1, 0.15) is 5.75 Å². The largest absolute Gasteiger partial charge is 0.497 e. The molecule has 0 bridgehead atoms. The molecule has 0 saturated heterocycles. The van der Waals surface area contributed by atoms with Crippen molar-refractivity contribution in [3.8, 4) is 5.75 Å². The lowest BCUT2D eigenvalue weighted by molar-refractivity contribution is -0.117. The van der Waals surface area contributed by atoms with Crippen LogP contribution < -0.4 is 15.4 Å².